The van der Waals surface area contributed by atoms with E-state index in [1.54, 1.807) is 47.6 Å². The fraction of sp³-hybridized carbons (Fsp3) is 0.250. The second kappa shape index (κ2) is 9.90. The van der Waals surface area contributed by atoms with Gasteiger partial charge in [-0.25, -0.2) is 14.8 Å². The lowest BCUT2D eigenvalue weighted by atomic mass is 9.91. The average Bonchev–Trinajstić information content (AvgIpc) is 2.81. The molecule has 1 aromatic carbocycles. The van der Waals surface area contributed by atoms with Crippen molar-refractivity contribution in [3.63, 3.8) is 0 Å². The van der Waals surface area contributed by atoms with Crippen LogP contribution in [0.4, 0.5) is 23.7 Å². The largest absolute Gasteiger partial charge is 0.424 e. The minimum Gasteiger partial charge on any atom is -0.424 e. The molecule has 7 nitrogen and oxygen atoms in total. The number of hydrogen-bond acceptors (Lipinski definition) is 5. The summed E-state index contributed by atoms with van der Waals surface area (Å²) in [6.07, 6.45) is 2.88. The number of likely N-dealkylation sites (tertiary alicyclic amines) is 1. The van der Waals surface area contributed by atoms with E-state index in [0.717, 1.165) is 5.56 Å². The van der Waals surface area contributed by atoms with Gasteiger partial charge in [0.15, 0.2) is 0 Å². The van der Waals surface area contributed by atoms with Crippen molar-refractivity contribution in [2.24, 2.45) is 5.92 Å². The third kappa shape index (κ3) is 5.89. The van der Waals surface area contributed by atoms with Gasteiger partial charge in [-0.2, -0.15) is 13.2 Å². The molecular formula is C24H22F3N5O2. The topological polar surface area (TPSA) is 80.2 Å². The van der Waals surface area contributed by atoms with Crippen LogP contribution in [0.2, 0.25) is 0 Å². The van der Waals surface area contributed by atoms with E-state index in [4.69, 9.17) is 4.74 Å². The second-order valence-corrected chi connectivity index (χ2v) is 7.91. The summed E-state index contributed by atoms with van der Waals surface area (Å²) in [5.41, 5.74) is 1.77. The molecule has 3 heterocycles. The van der Waals surface area contributed by atoms with E-state index in [1.165, 1.54) is 5.57 Å². The molecule has 34 heavy (non-hydrogen) atoms. The van der Waals surface area contributed by atoms with Crippen LogP contribution < -0.4 is 10.1 Å². The van der Waals surface area contributed by atoms with E-state index < -0.39 is 11.7 Å². The Bertz CT molecular complexity index is 1170. The Morgan fingerprint density at radius 1 is 1.18 bits per heavy atom. The number of nitrogens with zero attached hydrogens (tertiary/aromatic N) is 4. The van der Waals surface area contributed by atoms with Gasteiger partial charge in [0.2, 0.25) is 0 Å². The third-order valence-corrected chi connectivity index (χ3v) is 5.37. The zero-order valence-electron chi connectivity index (χ0n) is 18.3. The zero-order chi connectivity index (χ0) is 24.1. The van der Waals surface area contributed by atoms with Gasteiger partial charge < -0.3 is 15.0 Å². The number of nitrogens with one attached hydrogen (secondary N) is 1. The first-order valence-electron chi connectivity index (χ1n) is 10.6. The summed E-state index contributed by atoms with van der Waals surface area (Å²) >= 11 is 0. The molecule has 2 amide bonds. The van der Waals surface area contributed by atoms with Crippen LogP contribution in [0.25, 0.3) is 6.08 Å². The number of rotatable bonds is 4. The molecule has 1 saturated heterocycles. The highest BCUT2D eigenvalue weighted by Gasteiger charge is 2.31. The standard InChI is InChI=1S/C24H22F3N5O2/c1-16-15-32(23(33)31-20-5-3-8-28-14-20)9-7-18(16)10-17-4-2-6-21(11-17)34-22-29-12-19(13-30-22)24(25,26)27/h2-6,8,10-14,16H,7,9,15H2,1H3,(H,31,33). The highest BCUT2D eigenvalue weighted by molar-refractivity contribution is 5.89. The molecule has 0 spiro atoms. The van der Waals surface area contributed by atoms with Crippen LogP contribution in [0.1, 0.15) is 24.5 Å². The summed E-state index contributed by atoms with van der Waals surface area (Å²) in [7, 11) is 0. The van der Waals surface area contributed by atoms with Gasteiger partial charge in [0.1, 0.15) is 5.75 Å². The van der Waals surface area contributed by atoms with Crippen LogP contribution in [0, 0.1) is 5.92 Å². The molecule has 1 N–H and O–H groups in total. The Morgan fingerprint density at radius 2 is 1.97 bits per heavy atom. The van der Waals surface area contributed by atoms with E-state index in [2.05, 4.69) is 27.2 Å². The normalized spacial score (nSPS) is 17.5. The third-order valence-electron chi connectivity index (χ3n) is 5.37. The predicted octanol–water partition coefficient (Wildman–Crippen LogP) is 5.64. The first kappa shape index (κ1) is 23.2. The second-order valence-electron chi connectivity index (χ2n) is 7.91. The minimum atomic E-state index is -4.50. The molecule has 10 heteroatoms. The number of carbonyl (C=O) groups excluding carboxylic acids is 1. The number of aromatic nitrogens is 3. The molecular weight excluding hydrogens is 447 g/mol. The van der Waals surface area contributed by atoms with Gasteiger partial charge in [-0.1, -0.05) is 30.7 Å². The Balaban J connectivity index is 1.39. The van der Waals surface area contributed by atoms with Crippen molar-refractivity contribution in [2.75, 3.05) is 18.4 Å². The van der Waals surface area contributed by atoms with Crippen molar-refractivity contribution in [3.8, 4) is 11.8 Å². The number of pyridine rings is 1. The van der Waals surface area contributed by atoms with E-state index in [1.807, 2.05) is 12.1 Å². The van der Waals surface area contributed by atoms with Gasteiger partial charge in [-0.15, -0.1) is 0 Å². The highest BCUT2D eigenvalue weighted by Crippen LogP contribution is 2.30. The van der Waals surface area contributed by atoms with Crippen LogP contribution in [0.3, 0.4) is 0 Å². The number of alkyl halides is 3. The smallest absolute Gasteiger partial charge is 0.419 e. The van der Waals surface area contributed by atoms with E-state index in [9.17, 15) is 18.0 Å². The highest BCUT2D eigenvalue weighted by atomic mass is 19.4. The number of benzene rings is 1. The maximum Gasteiger partial charge on any atom is 0.419 e. The van der Waals surface area contributed by atoms with Crippen molar-refractivity contribution in [3.05, 3.63) is 77.9 Å². The Hall–Kier alpha value is -3.95. The van der Waals surface area contributed by atoms with Crippen LogP contribution >= 0.6 is 0 Å². The molecule has 1 unspecified atom stereocenters. The molecule has 4 rings (SSSR count). The molecule has 0 aliphatic carbocycles. The zero-order valence-corrected chi connectivity index (χ0v) is 18.3. The van der Waals surface area contributed by atoms with Crippen molar-refractivity contribution in [1.29, 1.82) is 0 Å². The Labute approximate surface area is 194 Å². The molecule has 0 radical (unpaired) electrons. The maximum atomic E-state index is 12.7. The molecule has 3 aromatic rings. The molecule has 176 valence electrons. The maximum absolute atomic E-state index is 12.7. The summed E-state index contributed by atoms with van der Waals surface area (Å²) in [4.78, 5) is 25.6. The number of anilines is 1. The SMILES string of the molecule is CC1CN(C(=O)Nc2cccnc2)CCC1=Cc1cccc(Oc2ncc(C(F)(F)F)cn2)c1. The summed E-state index contributed by atoms with van der Waals surface area (Å²) in [6, 6.07) is 10.4. The number of piperidine rings is 1. The molecule has 0 bridgehead atoms. The van der Waals surface area contributed by atoms with Gasteiger partial charge in [0, 0.05) is 31.7 Å². The van der Waals surface area contributed by atoms with Crippen LogP contribution in [-0.2, 0) is 6.18 Å². The molecule has 0 saturated carbocycles. The summed E-state index contributed by atoms with van der Waals surface area (Å²) in [5.74, 6) is 0.561. The lowest BCUT2D eigenvalue weighted by Crippen LogP contribution is -2.42. The van der Waals surface area contributed by atoms with Crippen LogP contribution in [0.5, 0.6) is 11.8 Å². The number of carbonyl (C=O) groups is 1. The van der Waals surface area contributed by atoms with Gasteiger partial charge in [-0.05, 0) is 42.2 Å². The number of hydrogen-bond donors (Lipinski definition) is 1. The van der Waals surface area contributed by atoms with Crippen molar-refractivity contribution in [2.45, 2.75) is 19.5 Å². The number of urea groups is 1. The lowest BCUT2D eigenvalue weighted by molar-refractivity contribution is -0.138. The Morgan fingerprint density at radius 3 is 2.65 bits per heavy atom. The van der Waals surface area contributed by atoms with Crippen LogP contribution in [0.15, 0.2) is 66.8 Å². The van der Waals surface area contributed by atoms with E-state index >= 15 is 0 Å². The van der Waals surface area contributed by atoms with E-state index in [0.29, 0.717) is 43.3 Å². The molecule has 1 aliphatic heterocycles. The van der Waals surface area contributed by atoms with Gasteiger partial charge in [-0.3, -0.25) is 4.98 Å². The minimum absolute atomic E-state index is 0.149. The van der Waals surface area contributed by atoms with Gasteiger partial charge in [0.25, 0.3) is 0 Å². The summed E-state index contributed by atoms with van der Waals surface area (Å²) in [6.45, 7) is 3.22. The fourth-order valence-corrected chi connectivity index (χ4v) is 3.59. The first-order valence-corrected chi connectivity index (χ1v) is 10.6. The summed E-state index contributed by atoms with van der Waals surface area (Å²) in [5, 5.41) is 2.85. The molecule has 1 fully saturated rings. The van der Waals surface area contributed by atoms with Crippen molar-refractivity contribution in [1.82, 2.24) is 19.9 Å². The lowest BCUT2D eigenvalue weighted by Gasteiger charge is -2.33. The predicted molar refractivity (Wildman–Crippen MR) is 120 cm³/mol. The van der Waals surface area contributed by atoms with Gasteiger partial charge in [0.05, 0.1) is 17.4 Å². The average molecular weight is 469 g/mol. The quantitative estimate of drug-likeness (QED) is 0.535. The number of ether oxygens (including phenoxy) is 1. The Kier molecular flexibility index (Phi) is 6.76. The fourth-order valence-electron chi connectivity index (χ4n) is 3.59. The summed E-state index contributed by atoms with van der Waals surface area (Å²) < 4.78 is 43.5. The van der Waals surface area contributed by atoms with Crippen LogP contribution in [-0.4, -0.2) is 39.0 Å². The van der Waals surface area contributed by atoms with E-state index in [-0.39, 0.29) is 18.0 Å². The van der Waals surface area contributed by atoms with Crippen molar-refractivity contribution >= 4 is 17.8 Å². The molecule has 1 aliphatic rings. The number of halogens is 3. The number of amides is 2. The van der Waals surface area contributed by atoms with Gasteiger partial charge >= 0.3 is 18.2 Å². The first-order chi connectivity index (χ1) is 16.3. The monoisotopic (exact) mass is 469 g/mol. The molecule has 1 atom stereocenters. The molecule has 2 aromatic heterocycles. The van der Waals surface area contributed by atoms with Crippen molar-refractivity contribution < 1.29 is 22.7 Å².